The van der Waals surface area contributed by atoms with Crippen LogP contribution in [0, 0.1) is 6.92 Å². The van der Waals surface area contributed by atoms with Gasteiger partial charge in [0.2, 0.25) is 0 Å². The van der Waals surface area contributed by atoms with Crippen LogP contribution in [0.15, 0.2) is 92.2 Å². The zero-order valence-corrected chi connectivity index (χ0v) is 27.0. The van der Waals surface area contributed by atoms with Crippen molar-refractivity contribution in [1.29, 1.82) is 0 Å². The fraction of sp³-hybridized carbons (Fsp3) is 0.222. The molecule has 0 radical (unpaired) electrons. The van der Waals surface area contributed by atoms with Gasteiger partial charge in [-0.25, -0.2) is 9.79 Å². The van der Waals surface area contributed by atoms with Crippen LogP contribution in [0.3, 0.4) is 0 Å². The van der Waals surface area contributed by atoms with Crippen molar-refractivity contribution in [3.63, 3.8) is 0 Å². The molecule has 3 aromatic carbocycles. The van der Waals surface area contributed by atoms with E-state index in [1.807, 2.05) is 64.1 Å². The van der Waals surface area contributed by atoms with Crippen LogP contribution in [0.1, 0.15) is 54.1 Å². The maximum Gasteiger partial charge on any atom is 0.335 e. The lowest BCUT2D eigenvalue weighted by atomic mass is 9.90. The van der Waals surface area contributed by atoms with Gasteiger partial charge in [-0.1, -0.05) is 47.7 Å². The third-order valence-electron chi connectivity index (χ3n) is 8.38. The second-order valence-corrected chi connectivity index (χ2v) is 12.0. The van der Waals surface area contributed by atoms with Crippen LogP contribution in [0.2, 0.25) is 0 Å². The molecule has 0 saturated carbocycles. The summed E-state index contributed by atoms with van der Waals surface area (Å²) in [6, 6.07) is 19.2. The van der Waals surface area contributed by atoms with Crippen LogP contribution in [-0.2, 0) is 4.79 Å². The van der Waals surface area contributed by atoms with E-state index in [9.17, 15) is 19.5 Å². The van der Waals surface area contributed by atoms with E-state index in [4.69, 9.17) is 14.1 Å². The van der Waals surface area contributed by atoms with Gasteiger partial charge in [0.1, 0.15) is 23.3 Å². The highest BCUT2D eigenvalue weighted by Crippen LogP contribution is 2.40. The Morgan fingerprint density at radius 3 is 2.54 bits per heavy atom. The number of carboxylic acids is 1. The average molecular weight is 636 g/mol. The first-order chi connectivity index (χ1) is 22.2. The van der Waals surface area contributed by atoms with Gasteiger partial charge in [-0.05, 0) is 74.4 Å². The van der Waals surface area contributed by atoms with E-state index in [1.165, 1.54) is 11.3 Å². The first-order valence-electron chi connectivity index (χ1n) is 15.0. The molecule has 0 unspecified atom stereocenters. The monoisotopic (exact) mass is 635 g/mol. The molecule has 46 heavy (non-hydrogen) atoms. The minimum absolute atomic E-state index is 0.154. The van der Waals surface area contributed by atoms with E-state index < -0.39 is 12.0 Å². The number of aromatic nitrogens is 1. The van der Waals surface area contributed by atoms with Gasteiger partial charge in [-0.15, -0.1) is 0 Å². The number of carbonyl (C=O) groups is 2. The quantitative estimate of drug-likeness (QED) is 0.240. The molecular formula is C36H33N3O6S. The van der Waals surface area contributed by atoms with Gasteiger partial charge in [0.05, 0.1) is 28.5 Å². The third-order valence-corrected chi connectivity index (χ3v) is 9.36. The molecule has 3 heterocycles. The zero-order valence-electron chi connectivity index (χ0n) is 26.2. The number of thiazole rings is 1. The van der Waals surface area contributed by atoms with Gasteiger partial charge >= 0.3 is 5.97 Å². The van der Waals surface area contributed by atoms with Crippen LogP contribution >= 0.6 is 11.3 Å². The minimum Gasteiger partial charge on any atom is -0.496 e. The Morgan fingerprint density at radius 1 is 1.07 bits per heavy atom. The average Bonchev–Trinajstić information content (AvgIpc) is 3.64. The number of furan rings is 1. The maximum atomic E-state index is 14.4. The number of ether oxygens (including phenoxy) is 1. The smallest absolute Gasteiger partial charge is 0.335 e. The number of allylic oxidation sites excluding steroid dienone is 1. The summed E-state index contributed by atoms with van der Waals surface area (Å²) in [6.45, 7) is 8.55. The molecule has 0 spiro atoms. The summed E-state index contributed by atoms with van der Waals surface area (Å²) in [5.41, 5.74) is 3.02. The second kappa shape index (κ2) is 12.3. The van der Waals surface area contributed by atoms with Gasteiger partial charge in [-0.2, -0.15) is 0 Å². The molecule has 1 aliphatic rings. The van der Waals surface area contributed by atoms with Crippen molar-refractivity contribution in [2.75, 3.05) is 20.2 Å². The Labute approximate surface area is 269 Å². The lowest BCUT2D eigenvalue weighted by molar-refractivity contribution is -0.127. The van der Waals surface area contributed by atoms with Crippen molar-refractivity contribution in [2.24, 2.45) is 4.99 Å². The van der Waals surface area contributed by atoms with Gasteiger partial charge < -0.3 is 19.2 Å². The van der Waals surface area contributed by atoms with Gasteiger partial charge in [0.15, 0.2) is 4.80 Å². The molecule has 0 fully saturated rings. The second-order valence-electron chi connectivity index (χ2n) is 11.0. The number of likely N-dealkylation sites (N-methyl/N-ethyl adjacent to an activating group) is 1. The van der Waals surface area contributed by atoms with Crippen molar-refractivity contribution in [2.45, 2.75) is 33.7 Å². The first kappa shape index (κ1) is 30.8. The standard InChI is InChI=1S/C36H33N3O6S/c1-6-38(7-2)34(41)30-21(4)37-36-39(32(30)31-25-11-9-8-10-22(25)14-16-28(31)44-5)33(40)29(46-36)19-24-15-17-27(45-24)26-18-23(35(42)43)13-12-20(26)3/h8-19,32H,6-7H2,1-5H3,(H,42,43)/b29-19+/t32-/m1/s1. The third kappa shape index (κ3) is 5.24. The van der Waals surface area contributed by atoms with E-state index in [-0.39, 0.29) is 17.0 Å². The number of rotatable bonds is 8. The van der Waals surface area contributed by atoms with Gasteiger partial charge in [0, 0.05) is 30.3 Å². The number of aromatic carboxylic acids is 1. The fourth-order valence-electron chi connectivity index (χ4n) is 6.01. The number of amides is 1. The fourth-order valence-corrected chi connectivity index (χ4v) is 7.04. The van der Waals surface area contributed by atoms with Crippen molar-refractivity contribution in [3.8, 4) is 17.1 Å². The van der Waals surface area contributed by atoms with Crippen LogP contribution in [-0.4, -0.2) is 46.6 Å². The molecule has 10 heteroatoms. The molecule has 1 N–H and O–H groups in total. The predicted molar refractivity (Wildman–Crippen MR) is 178 cm³/mol. The zero-order chi connectivity index (χ0) is 32.7. The normalized spacial score (nSPS) is 14.7. The molecule has 0 saturated heterocycles. The first-order valence-corrected chi connectivity index (χ1v) is 15.8. The highest BCUT2D eigenvalue weighted by atomic mass is 32.1. The number of methoxy groups -OCH3 is 1. The maximum absolute atomic E-state index is 14.4. The molecule has 1 amide bonds. The van der Waals surface area contributed by atoms with E-state index >= 15 is 0 Å². The molecule has 1 atom stereocenters. The molecular weight excluding hydrogens is 602 g/mol. The number of benzene rings is 3. The van der Waals surface area contributed by atoms with Crippen LogP contribution < -0.4 is 19.6 Å². The molecule has 234 valence electrons. The number of nitrogens with zero attached hydrogens (tertiary/aromatic N) is 3. The van der Waals surface area contributed by atoms with Crippen molar-refractivity contribution >= 4 is 40.1 Å². The summed E-state index contributed by atoms with van der Waals surface area (Å²) in [5, 5.41) is 11.3. The number of fused-ring (bicyclic) bond motifs is 2. The summed E-state index contributed by atoms with van der Waals surface area (Å²) in [5.74, 6) is 0.263. The van der Waals surface area contributed by atoms with Crippen molar-refractivity contribution in [3.05, 3.63) is 120 Å². The molecule has 2 aromatic heterocycles. The van der Waals surface area contributed by atoms with E-state index in [2.05, 4.69) is 0 Å². The van der Waals surface area contributed by atoms with Gasteiger partial charge in [-0.3, -0.25) is 14.2 Å². The van der Waals surface area contributed by atoms with Crippen LogP contribution in [0.25, 0.3) is 28.2 Å². The van der Waals surface area contributed by atoms with Crippen molar-refractivity contribution in [1.82, 2.24) is 9.47 Å². The Hall–Kier alpha value is -5.22. The minimum atomic E-state index is -1.03. The molecule has 0 bridgehead atoms. The van der Waals surface area contributed by atoms with Crippen LogP contribution in [0.5, 0.6) is 5.75 Å². The Morgan fingerprint density at radius 2 is 1.83 bits per heavy atom. The number of hydrogen-bond acceptors (Lipinski definition) is 7. The molecule has 6 rings (SSSR count). The Bertz CT molecular complexity index is 2240. The lowest BCUT2D eigenvalue weighted by Crippen LogP contribution is -2.43. The Balaban J connectivity index is 1.56. The number of hydrogen-bond donors (Lipinski definition) is 1. The highest BCUT2D eigenvalue weighted by molar-refractivity contribution is 7.07. The van der Waals surface area contributed by atoms with E-state index in [0.29, 0.717) is 62.1 Å². The topological polar surface area (TPSA) is 114 Å². The largest absolute Gasteiger partial charge is 0.496 e. The van der Waals surface area contributed by atoms with Crippen molar-refractivity contribution < 1.29 is 23.8 Å². The molecule has 1 aliphatic heterocycles. The molecule has 0 aliphatic carbocycles. The Kier molecular flexibility index (Phi) is 8.22. The van der Waals surface area contributed by atoms with Crippen LogP contribution in [0.4, 0.5) is 0 Å². The predicted octanol–water partition coefficient (Wildman–Crippen LogP) is 5.53. The van der Waals surface area contributed by atoms with E-state index in [1.54, 1.807) is 53.0 Å². The SMILES string of the molecule is CCN(CC)C(=O)C1=C(C)N=c2s/c(=C/c3ccc(-c4cc(C(=O)O)ccc4C)o3)c(=O)n2[C@H]1c1c(OC)ccc2ccccc12. The summed E-state index contributed by atoms with van der Waals surface area (Å²) in [7, 11) is 1.59. The number of carbonyl (C=O) groups excluding carboxylic acids is 1. The summed E-state index contributed by atoms with van der Waals surface area (Å²) >= 11 is 1.22. The highest BCUT2D eigenvalue weighted by Gasteiger charge is 2.36. The summed E-state index contributed by atoms with van der Waals surface area (Å²) in [4.78, 5) is 47.0. The van der Waals surface area contributed by atoms with E-state index in [0.717, 1.165) is 16.3 Å². The molecule has 9 nitrogen and oxygen atoms in total. The number of aryl methyl sites for hydroxylation is 1. The summed E-state index contributed by atoms with van der Waals surface area (Å²) in [6.07, 6.45) is 1.66. The molecule has 5 aromatic rings. The summed E-state index contributed by atoms with van der Waals surface area (Å²) < 4.78 is 14.0. The van der Waals surface area contributed by atoms with Gasteiger partial charge in [0.25, 0.3) is 11.5 Å². The lowest BCUT2D eigenvalue weighted by Gasteiger charge is -2.30. The number of carboxylic acid groups (broad SMARTS) is 1.